The third-order valence-electron chi connectivity index (χ3n) is 5.07. The van der Waals surface area contributed by atoms with E-state index in [2.05, 4.69) is 28.4 Å². The molecule has 4 rings (SSSR count). The quantitative estimate of drug-likeness (QED) is 0.545. The molecule has 150 valence electrons. The van der Waals surface area contributed by atoms with E-state index in [0.29, 0.717) is 17.3 Å². The first kappa shape index (κ1) is 19.6. The molecule has 1 amide bonds. The fourth-order valence-electron chi connectivity index (χ4n) is 3.29. The average molecular weight is 411 g/mol. The summed E-state index contributed by atoms with van der Waals surface area (Å²) in [4.78, 5) is 14.7. The minimum atomic E-state index is -0.270. The number of thioether (sulfide) groups is 1. The van der Waals surface area contributed by atoms with Gasteiger partial charge in [-0.1, -0.05) is 42.1 Å². The van der Waals surface area contributed by atoms with Gasteiger partial charge in [0.25, 0.3) is 0 Å². The highest BCUT2D eigenvalue weighted by molar-refractivity contribution is 7.99. The second-order valence-corrected chi connectivity index (χ2v) is 8.35. The van der Waals surface area contributed by atoms with E-state index in [-0.39, 0.29) is 23.5 Å². The van der Waals surface area contributed by atoms with Crippen molar-refractivity contribution >= 4 is 17.7 Å². The lowest BCUT2D eigenvalue weighted by atomic mass is 10.1. The third kappa shape index (κ3) is 4.50. The number of aryl methyl sites for hydroxylation is 2. The lowest BCUT2D eigenvalue weighted by molar-refractivity contribution is -0.129. The van der Waals surface area contributed by atoms with Crippen LogP contribution in [0.4, 0.5) is 4.39 Å². The highest BCUT2D eigenvalue weighted by atomic mass is 32.2. The monoisotopic (exact) mass is 410 g/mol. The van der Waals surface area contributed by atoms with E-state index >= 15 is 0 Å². The molecule has 3 aromatic rings. The molecular formula is C22H23FN4OS. The molecule has 1 aromatic heterocycles. The zero-order chi connectivity index (χ0) is 20.4. The maximum Gasteiger partial charge on any atom is 0.233 e. The van der Waals surface area contributed by atoms with Crippen LogP contribution in [0.2, 0.25) is 0 Å². The molecule has 1 heterocycles. The van der Waals surface area contributed by atoms with Crippen LogP contribution >= 0.6 is 11.8 Å². The largest absolute Gasteiger partial charge is 0.335 e. The van der Waals surface area contributed by atoms with Gasteiger partial charge in [0, 0.05) is 18.2 Å². The second kappa shape index (κ2) is 8.37. The number of aromatic nitrogens is 3. The summed E-state index contributed by atoms with van der Waals surface area (Å²) in [7, 11) is 0. The Morgan fingerprint density at radius 3 is 2.79 bits per heavy atom. The van der Waals surface area contributed by atoms with Crippen LogP contribution in [0.25, 0.3) is 5.69 Å². The molecule has 1 saturated carbocycles. The first-order chi connectivity index (χ1) is 14.0. The third-order valence-corrected chi connectivity index (χ3v) is 6.00. The smallest absolute Gasteiger partial charge is 0.233 e. The molecular weight excluding hydrogens is 387 g/mol. The summed E-state index contributed by atoms with van der Waals surface area (Å²) in [6.45, 7) is 4.39. The molecule has 0 spiro atoms. The first-order valence-electron chi connectivity index (χ1n) is 9.66. The van der Waals surface area contributed by atoms with Crippen LogP contribution in [0.5, 0.6) is 0 Å². The van der Waals surface area contributed by atoms with Crippen LogP contribution in [-0.4, -0.2) is 37.4 Å². The van der Waals surface area contributed by atoms with Gasteiger partial charge in [0.2, 0.25) is 5.91 Å². The summed E-state index contributed by atoms with van der Waals surface area (Å²) in [5.41, 5.74) is 3.82. The van der Waals surface area contributed by atoms with Gasteiger partial charge in [-0.15, -0.1) is 10.2 Å². The Morgan fingerprint density at radius 1 is 1.24 bits per heavy atom. The lowest BCUT2D eigenvalue weighted by Crippen LogP contribution is -2.34. The highest BCUT2D eigenvalue weighted by Crippen LogP contribution is 2.30. The van der Waals surface area contributed by atoms with Crippen LogP contribution in [0, 0.1) is 19.7 Å². The van der Waals surface area contributed by atoms with Crippen LogP contribution < -0.4 is 0 Å². The molecule has 0 radical (unpaired) electrons. The Labute approximate surface area is 173 Å². The van der Waals surface area contributed by atoms with Gasteiger partial charge >= 0.3 is 0 Å². The molecule has 0 bridgehead atoms. The molecule has 1 aliphatic carbocycles. The van der Waals surface area contributed by atoms with Gasteiger partial charge in [0.05, 0.1) is 11.4 Å². The van der Waals surface area contributed by atoms with E-state index in [1.165, 1.54) is 17.8 Å². The lowest BCUT2D eigenvalue weighted by Gasteiger charge is -2.22. The molecule has 0 N–H and O–H groups in total. The van der Waals surface area contributed by atoms with Crippen LogP contribution in [-0.2, 0) is 11.3 Å². The molecule has 0 atom stereocenters. The number of benzene rings is 2. The molecule has 1 fully saturated rings. The first-order valence-corrected chi connectivity index (χ1v) is 10.6. The van der Waals surface area contributed by atoms with Crippen LogP contribution in [0.3, 0.4) is 0 Å². The minimum Gasteiger partial charge on any atom is -0.335 e. The standard InChI is InChI=1S/C22H23FN4OS/c1-15-7-8-16(2)20(11-15)27-14-24-25-22(27)29-13-21(28)26(18-9-10-18)12-17-5-3-4-6-19(17)23/h3-8,11,14,18H,9-10,12-13H2,1-2H3. The SMILES string of the molecule is Cc1ccc(C)c(-n2cnnc2SCC(=O)N(Cc2ccccc2F)C2CC2)c1. The molecule has 29 heavy (non-hydrogen) atoms. The summed E-state index contributed by atoms with van der Waals surface area (Å²) in [6.07, 6.45) is 3.62. The van der Waals surface area contributed by atoms with E-state index < -0.39 is 0 Å². The van der Waals surface area contributed by atoms with Crippen molar-refractivity contribution in [1.82, 2.24) is 19.7 Å². The fraction of sp³-hybridized carbons (Fsp3) is 0.318. The molecule has 7 heteroatoms. The molecule has 0 unspecified atom stereocenters. The van der Waals surface area contributed by atoms with Crippen molar-refractivity contribution in [2.75, 3.05) is 5.75 Å². The molecule has 2 aromatic carbocycles. The number of carbonyl (C=O) groups is 1. The molecule has 1 aliphatic rings. The summed E-state index contributed by atoms with van der Waals surface area (Å²) in [5.74, 6) is -0.0290. The molecule has 5 nitrogen and oxygen atoms in total. The normalized spacial score (nSPS) is 13.5. The van der Waals surface area contributed by atoms with E-state index in [1.54, 1.807) is 29.4 Å². The number of hydrogen-bond acceptors (Lipinski definition) is 4. The minimum absolute atomic E-state index is 0.00346. The number of rotatable bonds is 7. The molecule has 0 aliphatic heterocycles. The second-order valence-electron chi connectivity index (χ2n) is 7.41. The average Bonchev–Trinajstić information content (AvgIpc) is 3.44. The maximum absolute atomic E-state index is 14.1. The Bertz CT molecular complexity index is 1030. The summed E-state index contributed by atoms with van der Waals surface area (Å²) in [6, 6.07) is 13.1. The highest BCUT2D eigenvalue weighted by Gasteiger charge is 2.33. The Balaban J connectivity index is 1.47. The van der Waals surface area contributed by atoms with Crippen molar-refractivity contribution < 1.29 is 9.18 Å². The van der Waals surface area contributed by atoms with E-state index in [1.807, 2.05) is 18.4 Å². The number of halogens is 1. The van der Waals surface area contributed by atoms with Gasteiger partial charge in [0.15, 0.2) is 5.16 Å². The zero-order valence-corrected chi connectivity index (χ0v) is 17.3. The zero-order valence-electron chi connectivity index (χ0n) is 16.5. The topological polar surface area (TPSA) is 51.0 Å². The fourth-order valence-corrected chi connectivity index (χ4v) is 4.10. The number of amides is 1. The number of hydrogen-bond donors (Lipinski definition) is 0. The summed E-state index contributed by atoms with van der Waals surface area (Å²) >= 11 is 1.36. The van der Waals surface area contributed by atoms with Crippen LogP contribution in [0.15, 0.2) is 53.9 Å². The Kier molecular flexibility index (Phi) is 5.67. The van der Waals surface area contributed by atoms with Crippen molar-refractivity contribution in [2.45, 2.75) is 44.4 Å². The predicted octanol–water partition coefficient (Wildman–Crippen LogP) is 4.31. The van der Waals surface area contributed by atoms with Gasteiger partial charge in [0.1, 0.15) is 12.1 Å². The van der Waals surface area contributed by atoms with Gasteiger partial charge in [-0.05, 0) is 49.9 Å². The van der Waals surface area contributed by atoms with Crippen molar-refractivity contribution in [3.8, 4) is 5.69 Å². The Morgan fingerprint density at radius 2 is 2.03 bits per heavy atom. The van der Waals surface area contributed by atoms with Gasteiger partial charge in [-0.25, -0.2) is 4.39 Å². The Hall–Kier alpha value is -2.67. The van der Waals surface area contributed by atoms with E-state index in [9.17, 15) is 9.18 Å². The van der Waals surface area contributed by atoms with Crippen LogP contribution in [0.1, 0.15) is 29.5 Å². The predicted molar refractivity (Wildman–Crippen MR) is 112 cm³/mol. The molecule has 0 saturated heterocycles. The van der Waals surface area contributed by atoms with Gasteiger partial charge in [-0.2, -0.15) is 0 Å². The maximum atomic E-state index is 14.1. The van der Waals surface area contributed by atoms with E-state index in [4.69, 9.17) is 0 Å². The van der Waals surface area contributed by atoms with Crippen molar-refractivity contribution in [3.05, 3.63) is 71.3 Å². The number of nitrogens with zero attached hydrogens (tertiary/aromatic N) is 4. The van der Waals surface area contributed by atoms with E-state index in [0.717, 1.165) is 29.7 Å². The van der Waals surface area contributed by atoms with Crippen molar-refractivity contribution in [2.24, 2.45) is 0 Å². The van der Waals surface area contributed by atoms with Crippen molar-refractivity contribution in [3.63, 3.8) is 0 Å². The summed E-state index contributed by atoms with van der Waals surface area (Å²) in [5, 5.41) is 8.91. The summed E-state index contributed by atoms with van der Waals surface area (Å²) < 4.78 is 16.0. The van der Waals surface area contributed by atoms with Gasteiger partial charge < -0.3 is 4.90 Å². The number of carbonyl (C=O) groups excluding carboxylic acids is 1. The van der Waals surface area contributed by atoms with Crippen molar-refractivity contribution in [1.29, 1.82) is 0 Å². The van der Waals surface area contributed by atoms with Gasteiger partial charge in [-0.3, -0.25) is 9.36 Å².